The van der Waals surface area contributed by atoms with Gasteiger partial charge in [0.1, 0.15) is 11.6 Å². The topological polar surface area (TPSA) is 108 Å². The Kier molecular flexibility index (Phi) is 4.06. The number of methoxy groups -OCH3 is 1. The fraction of sp³-hybridized carbons (Fsp3) is 0.136. The molecule has 8 heteroatoms. The van der Waals surface area contributed by atoms with Gasteiger partial charge >= 0.3 is 5.69 Å². The third-order valence-corrected chi connectivity index (χ3v) is 5.25. The molecule has 0 saturated carbocycles. The second-order valence-electron chi connectivity index (χ2n) is 7.03. The first kappa shape index (κ1) is 18.0. The number of fused-ring (bicyclic) bond motifs is 2. The highest BCUT2D eigenvalue weighted by Crippen LogP contribution is 2.49. The number of hydrogen-bond donors (Lipinski definition) is 2. The van der Waals surface area contributed by atoms with Crippen LogP contribution in [-0.2, 0) is 0 Å². The van der Waals surface area contributed by atoms with Crippen molar-refractivity contribution in [2.45, 2.75) is 12.8 Å². The van der Waals surface area contributed by atoms with Gasteiger partial charge in [-0.15, -0.1) is 0 Å². The summed E-state index contributed by atoms with van der Waals surface area (Å²) in [4.78, 5) is 18.6. The van der Waals surface area contributed by atoms with Gasteiger partial charge in [0.25, 0.3) is 0 Å². The molecule has 1 aliphatic rings. The summed E-state index contributed by atoms with van der Waals surface area (Å²) in [5.74, 6) is 1.36. The van der Waals surface area contributed by atoms with Crippen LogP contribution >= 0.6 is 0 Å². The van der Waals surface area contributed by atoms with Gasteiger partial charge in [0.15, 0.2) is 0 Å². The predicted molar refractivity (Wildman–Crippen MR) is 112 cm³/mol. The minimum absolute atomic E-state index is 0.182. The molecule has 2 aromatic heterocycles. The van der Waals surface area contributed by atoms with Gasteiger partial charge in [-0.3, -0.25) is 4.98 Å². The molecule has 0 aliphatic carbocycles. The number of H-pyrrole nitrogens is 1. The first-order valence-electron chi connectivity index (χ1n) is 9.43. The highest BCUT2D eigenvalue weighted by Gasteiger charge is 2.37. The van der Waals surface area contributed by atoms with Crippen molar-refractivity contribution in [3.63, 3.8) is 0 Å². The molecule has 0 saturated heterocycles. The van der Waals surface area contributed by atoms with E-state index in [1.54, 1.807) is 11.8 Å². The highest BCUT2D eigenvalue weighted by atomic mass is 16.5. The monoisotopic (exact) mass is 401 g/mol. The normalized spacial score (nSPS) is 14.5. The smallest absolute Gasteiger partial charge is 0.349 e. The standard InChI is InChI=1S/C22H19N5O3/c1-12-16-17(13-8-10-15(29-2)11-9-13)18-19(23)24-22(28)25-20(18)30-21(16)27(26-12)14-6-4-3-5-7-14/h3-11,17H,1-2H3,(H3,23,24,25,28). The molecule has 2 aromatic carbocycles. The molecule has 3 N–H and O–H groups in total. The molecule has 0 fully saturated rings. The van der Waals surface area contributed by atoms with Gasteiger partial charge in [-0.2, -0.15) is 10.1 Å². The average Bonchev–Trinajstić information content (AvgIpc) is 3.09. The van der Waals surface area contributed by atoms with Crippen molar-refractivity contribution in [1.82, 2.24) is 19.7 Å². The third-order valence-electron chi connectivity index (χ3n) is 5.25. The second kappa shape index (κ2) is 6.77. The van der Waals surface area contributed by atoms with Crippen LogP contribution in [0.25, 0.3) is 5.69 Å². The average molecular weight is 401 g/mol. The molecule has 150 valence electrons. The fourth-order valence-electron chi connectivity index (χ4n) is 3.89. The van der Waals surface area contributed by atoms with E-state index >= 15 is 0 Å². The van der Waals surface area contributed by atoms with E-state index in [9.17, 15) is 4.79 Å². The van der Waals surface area contributed by atoms with Crippen molar-refractivity contribution in [3.8, 4) is 23.2 Å². The molecule has 0 spiro atoms. The Labute approximate surface area is 171 Å². The summed E-state index contributed by atoms with van der Waals surface area (Å²) in [7, 11) is 1.62. The summed E-state index contributed by atoms with van der Waals surface area (Å²) in [5.41, 5.74) is 9.74. The Morgan fingerprint density at radius 2 is 1.83 bits per heavy atom. The van der Waals surface area contributed by atoms with Crippen LogP contribution in [0.5, 0.6) is 17.5 Å². The Hall–Kier alpha value is -4.07. The molecule has 0 amide bonds. The van der Waals surface area contributed by atoms with Crippen molar-refractivity contribution in [3.05, 3.63) is 87.5 Å². The molecule has 4 aromatic rings. The molecule has 5 rings (SSSR count). The number of nitrogens with zero attached hydrogens (tertiary/aromatic N) is 3. The third kappa shape index (κ3) is 2.73. The molecule has 0 radical (unpaired) electrons. The number of aryl methyl sites for hydroxylation is 1. The van der Waals surface area contributed by atoms with Crippen LogP contribution < -0.4 is 20.9 Å². The Morgan fingerprint density at radius 1 is 1.10 bits per heavy atom. The number of nitrogens with two attached hydrogens (primary N) is 1. The van der Waals surface area contributed by atoms with Crippen LogP contribution in [0, 0.1) is 6.92 Å². The highest BCUT2D eigenvalue weighted by molar-refractivity contribution is 5.63. The molecular weight excluding hydrogens is 382 g/mol. The number of hydrogen-bond acceptors (Lipinski definition) is 6. The summed E-state index contributed by atoms with van der Waals surface area (Å²) in [6.45, 7) is 1.93. The van der Waals surface area contributed by atoms with Crippen LogP contribution in [0.3, 0.4) is 0 Å². The molecular formula is C22H19N5O3. The first-order chi connectivity index (χ1) is 14.6. The lowest BCUT2D eigenvalue weighted by atomic mass is 9.84. The van der Waals surface area contributed by atoms with Gasteiger partial charge in [0, 0.05) is 0 Å². The number of rotatable bonds is 3. The van der Waals surface area contributed by atoms with Gasteiger partial charge < -0.3 is 15.2 Å². The molecule has 30 heavy (non-hydrogen) atoms. The van der Waals surface area contributed by atoms with Crippen LogP contribution in [0.1, 0.15) is 28.3 Å². The number of para-hydroxylation sites is 1. The zero-order valence-electron chi connectivity index (χ0n) is 16.4. The molecule has 8 nitrogen and oxygen atoms in total. The minimum atomic E-state index is -0.564. The summed E-state index contributed by atoms with van der Waals surface area (Å²) < 4.78 is 13.1. The van der Waals surface area contributed by atoms with Crippen molar-refractivity contribution in [2.75, 3.05) is 12.8 Å². The zero-order valence-corrected chi connectivity index (χ0v) is 16.4. The summed E-state index contributed by atoms with van der Waals surface area (Å²) in [6, 6.07) is 17.4. The van der Waals surface area contributed by atoms with E-state index in [1.807, 2.05) is 61.5 Å². The second-order valence-corrected chi connectivity index (χ2v) is 7.03. The van der Waals surface area contributed by atoms with E-state index in [4.69, 9.17) is 20.3 Å². The van der Waals surface area contributed by atoms with E-state index in [-0.39, 0.29) is 17.6 Å². The lowest BCUT2D eigenvalue weighted by Crippen LogP contribution is -2.22. The lowest BCUT2D eigenvalue weighted by molar-refractivity contribution is 0.401. The largest absolute Gasteiger partial charge is 0.497 e. The number of aromatic nitrogens is 4. The van der Waals surface area contributed by atoms with Gasteiger partial charge in [0.2, 0.25) is 11.8 Å². The Bertz CT molecular complexity index is 1290. The molecule has 0 bridgehead atoms. The Morgan fingerprint density at radius 3 is 2.53 bits per heavy atom. The van der Waals surface area contributed by atoms with Crippen LogP contribution in [0.2, 0.25) is 0 Å². The van der Waals surface area contributed by atoms with Gasteiger partial charge in [-0.25, -0.2) is 9.48 Å². The number of nitrogens with one attached hydrogen (secondary N) is 1. The van der Waals surface area contributed by atoms with Crippen LogP contribution in [0.4, 0.5) is 5.82 Å². The lowest BCUT2D eigenvalue weighted by Gasteiger charge is -2.27. The van der Waals surface area contributed by atoms with E-state index < -0.39 is 5.69 Å². The van der Waals surface area contributed by atoms with Gasteiger partial charge in [0.05, 0.1) is 35.5 Å². The summed E-state index contributed by atoms with van der Waals surface area (Å²) >= 11 is 0. The molecule has 3 heterocycles. The number of benzene rings is 2. The number of anilines is 1. The predicted octanol–water partition coefficient (Wildman–Crippen LogP) is 3.14. The van der Waals surface area contributed by atoms with Gasteiger partial charge in [-0.05, 0) is 36.8 Å². The maximum atomic E-state index is 12.0. The number of aromatic amines is 1. The van der Waals surface area contributed by atoms with Crippen molar-refractivity contribution < 1.29 is 9.47 Å². The zero-order chi connectivity index (χ0) is 20.8. The number of ether oxygens (including phenoxy) is 2. The maximum absolute atomic E-state index is 12.0. The van der Waals surface area contributed by atoms with Crippen LogP contribution in [-0.4, -0.2) is 26.9 Å². The van der Waals surface area contributed by atoms with E-state index in [0.29, 0.717) is 11.4 Å². The van der Waals surface area contributed by atoms with E-state index in [1.165, 1.54) is 0 Å². The Balaban J connectivity index is 1.78. The quantitative estimate of drug-likeness (QED) is 0.481. The first-order valence-corrected chi connectivity index (χ1v) is 9.43. The molecule has 1 atom stereocenters. The fourth-order valence-corrected chi connectivity index (χ4v) is 3.89. The van der Waals surface area contributed by atoms with Crippen molar-refractivity contribution in [1.29, 1.82) is 0 Å². The van der Waals surface area contributed by atoms with Crippen LogP contribution in [0.15, 0.2) is 59.4 Å². The maximum Gasteiger partial charge on any atom is 0.349 e. The summed E-state index contributed by atoms with van der Waals surface area (Å²) in [5, 5.41) is 4.72. The summed E-state index contributed by atoms with van der Waals surface area (Å²) in [6.07, 6.45) is 0. The van der Waals surface area contributed by atoms with Crippen molar-refractivity contribution >= 4 is 5.82 Å². The van der Waals surface area contributed by atoms with Gasteiger partial charge in [-0.1, -0.05) is 30.3 Å². The molecule has 1 unspecified atom stereocenters. The van der Waals surface area contributed by atoms with Crippen molar-refractivity contribution in [2.24, 2.45) is 0 Å². The SMILES string of the molecule is COc1ccc(C2c3c(nc(=O)[nH]c3N)Oc3c2c(C)nn3-c2ccccc2)cc1. The van der Waals surface area contributed by atoms with E-state index in [0.717, 1.165) is 28.3 Å². The number of nitrogen functional groups attached to an aromatic ring is 1. The molecule has 1 aliphatic heterocycles. The van der Waals surface area contributed by atoms with E-state index in [2.05, 4.69) is 9.97 Å². The minimum Gasteiger partial charge on any atom is -0.497 e.